The summed E-state index contributed by atoms with van der Waals surface area (Å²) in [5, 5.41) is 2.87. The van der Waals surface area contributed by atoms with Crippen LogP contribution in [0.2, 0.25) is 0 Å². The van der Waals surface area contributed by atoms with E-state index in [4.69, 9.17) is 11.5 Å². The van der Waals surface area contributed by atoms with Crippen molar-refractivity contribution < 1.29 is 13.2 Å². The van der Waals surface area contributed by atoms with Crippen LogP contribution in [-0.4, -0.2) is 15.0 Å². The smallest absolute Gasteiger partial charge is 0.228 e. The molecule has 5 N–H and O–H groups in total. The van der Waals surface area contributed by atoms with Crippen LogP contribution in [0.4, 0.5) is 30.8 Å². The average Bonchev–Trinajstić information content (AvgIpc) is 2.56. The summed E-state index contributed by atoms with van der Waals surface area (Å²) in [5.74, 6) is -2.58. The van der Waals surface area contributed by atoms with Crippen molar-refractivity contribution in [2.24, 2.45) is 0 Å². The maximum absolute atomic E-state index is 13.5. The normalized spacial score (nSPS) is 10.7. The Bertz CT molecular complexity index is 932. The molecule has 0 amide bonds. The zero-order chi connectivity index (χ0) is 18.0. The van der Waals surface area contributed by atoms with Gasteiger partial charge in [0.05, 0.1) is 0 Å². The Kier molecular flexibility index (Phi) is 4.38. The molecule has 1 aromatic heterocycles. The lowest BCUT2D eigenvalue weighted by atomic mass is 10.1. The number of nitrogen functional groups attached to an aromatic ring is 2. The van der Waals surface area contributed by atoms with Crippen molar-refractivity contribution in [3.05, 3.63) is 59.4 Å². The summed E-state index contributed by atoms with van der Waals surface area (Å²) >= 11 is 0. The molecule has 0 bridgehead atoms. The lowest BCUT2D eigenvalue weighted by molar-refractivity contribution is 0.509. The molecule has 1 heterocycles. The molecule has 9 heteroatoms. The van der Waals surface area contributed by atoms with E-state index in [-0.39, 0.29) is 41.3 Å². The van der Waals surface area contributed by atoms with Gasteiger partial charge in [0, 0.05) is 23.9 Å². The molecule has 3 rings (SSSR count). The highest BCUT2D eigenvalue weighted by Gasteiger charge is 2.14. The summed E-state index contributed by atoms with van der Waals surface area (Å²) in [6.07, 6.45) is 0. The Labute approximate surface area is 140 Å². The standard InChI is InChI=1S/C16H13F3N6/c17-9-3-1-2-8(4-9)7-22-16-24-14(23-15(21)25-16)10-5-11(18)12(19)6-13(10)20/h1-6H,7,20H2,(H3,21,22,23,24,25). The summed E-state index contributed by atoms with van der Waals surface area (Å²) in [4.78, 5) is 11.9. The molecule has 6 nitrogen and oxygen atoms in total. The predicted octanol–water partition coefficient (Wildman–Crippen LogP) is 2.73. The van der Waals surface area contributed by atoms with Gasteiger partial charge in [0.1, 0.15) is 5.82 Å². The van der Waals surface area contributed by atoms with Crippen LogP contribution in [0, 0.1) is 17.5 Å². The van der Waals surface area contributed by atoms with Gasteiger partial charge in [-0.15, -0.1) is 0 Å². The Morgan fingerprint density at radius 2 is 1.68 bits per heavy atom. The third kappa shape index (κ3) is 3.77. The second-order valence-corrected chi connectivity index (χ2v) is 5.18. The molecule has 0 aliphatic carbocycles. The first-order valence-electron chi connectivity index (χ1n) is 7.17. The quantitative estimate of drug-likeness (QED) is 0.628. The van der Waals surface area contributed by atoms with E-state index in [1.165, 1.54) is 12.1 Å². The highest BCUT2D eigenvalue weighted by molar-refractivity contribution is 5.72. The average molecular weight is 346 g/mol. The van der Waals surface area contributed by atoms with E-state index in [1.807, 2.05) is 0 Å². The molecule has 25 heavy (non-hydrogen) atoms. The van der Waals surface area contributed by atoms with Crippen LogP contribution in [0.15, 0.2) is 36.4 Å². The van der Waals surface area contributed by atoms with E-state index < -0.39 is 11.6 Å². The van der Waals surface area contributed by atoms with E-state index in [1.54, 1.807) is 12.1 Å². The molecule has 128 valence electrons. The highest BCUT2D eigenvalue weighted by Crippen LogP contribution is 2.26. The topological polar surface area (TPSA) is 103 Å². The number of rotatable bonds is 4. The van der Waals surface area contributed by atoms with Crippen molar-refractivity contribution in [1.82, 2.24) is 15.0 Å². The maximum Gasteiger partial charge on any atom is 0.228 e. The van der Waals surface area contributed by atoms with Crippen molar-refractivity contribution >= 4 is 17.6 Å². The first kappa shape index (κ1) is 16.5. The minimum Gasteiger partial charge on any atom is -0.398 e. The third-order valence-electron chi connectivity index (χ3n) is 3.33. The predicted molar refractivity (Wildman–Crippen MR) is 87.7 cm³/mol. The maximum atomic E-state index is 13.5. The summed E-state index contributed by atoms with van der Waals surface area (Å²) in [6.45, 7) is 0.230. The van der Waals surface area contributed by atoms with Gasteiger partial charge in [-0.2, -0.15) is 15.0 Å². The number of halogens is 3. The van der Waals surface area contributed by atoms with Crippen LogP contribution < -0.4 is 16.8 Å². The van der Waals surface area contributed by atoms with Gasteiger partial charge in [-0.25, -0.2) is 13.2 Å². The summed E-state index contributed by atoms with van der Waals surface area (Å²) < 4.78 is 39.9. The molecule has 0 atom stereocenters. The molecule has 0 aliphatic rings. The number of nitrogens with one attached hydrogen (secondary N) is 1. The van der Waals surface area contributed by atoms with Crippen LogP contribution in [0.5, 0.6) is 0 Å². The number of nitrogens with zero attached hydrogens (tertiary/aromatic N) is 3. The molecular formula is C16H13F3N6. The summed E-state index contributed by atoms with van der Waals surface area (Å²) in [6, 6.07) is 7.69. The van der Waals surface area contributed by atoms with Crippen molar-refractivity contribution in [2.75, 3.05) is 16.8 Å². The van der Waals surface area contributed by atoms with Gasteiger partial charge < -0.3 is 16.8 Å². The zero-order valence-corrected chi connectivity index (χ0v) is 12.8. The fourth-order valence-electron chi connectivity index (χ4n) is 2.18. The number of benzene rings is 2. The molecule has 0 saturated heterocycles. The second kappa shape index (κ2) is 6.63. The van der Waals surface area contributed by atoms with Gasteiger partial charge in [-0.1, -0.05) is 12.1 Å². The van der Waals surface area contributed by atoms with Crippen molar-refractivity contribution in [2.45, 2.75) is 6.54 Å². The fraction of sp³-hybridized carbons (Fsp3) is 0.0625. The molecule has 0 unspecified atom stereocenters. The number of hydrogen-bond donors (Lipinski definition) is 3. The number of hydrogen-bond acceptors (Lipinski definition) is 6. The first-order valence-corrected chi connectivity index (χ1v) is 7.17. The number of aromatic nitrogens is 3. The lowest BCUT2D eigenvalue weighted by Gasteiger charge is -2.09. The minimum atomic E-state index is -1.09. The highest BCUT2D eigenvalue weighted by atomic mass is 19.2. The van der Waals surface area contributed by atoms with Crippen LogP contribution in [-0.2, 0) is 6.54 Å². The Hall–Kier alpha value is -3.36. The molecule has 0 aliphatic heterocycles. The first-order chi connectivity index (χ1) is 11.9. The molecular weight excluding hydrogens is 333 g/mol. The van der Waals surface area contributed by atoms with Gasteiger partial charge >= 0.3 is 0 Å². The van der Waals surface area contributed by atoms with Crippen molar-refractivity contribution in [3.8, 4) is 11.4 Å². The van der Waals surface area contributed by atoms with Crippen LogP contribution >= 0.6 is 0 Å². The van der Waals surface area contributed by atoms with Gasteiger partial charge in [-0.05, 0) is 23.8 Å². The van der Waals surface area contributed by atoms with E-state index in [0.717, 1.165) is 12.1 Å². The molecule has 0 saturated carbocycles. The molecule has 3 aromatic rings. The SMILES string of the molecule is Nc1nc(NCc2cccc(F)c2)nc(-c2cc(F)c(F)cc2N)n1. The van der Waals surface area contributed by atoms with Gasteiger partial charge in [0.15, 0.2) is 17.5 Å². The lowest BCUT2D eigenvalue weighted by Crippen LogP contribution is -2.09. The van der Waals surface area contributed by atoms with Crippen LogP contribution in [0.25, 0.3) is 11.4 Å². The van der Waals surface area contributed by atoms with Gasteiger partial charge in [0.2, 0.25) is 11.9 Å². The molecule has 0 radical (unpaired) electrons. The molecule has 0 spiro atoms. The Morgan fingerprint density at radius 1 is 0.920 bits per heavy atom. The second-order valence-electron chi connectivity index (χ2n) is 5.18. The van der Waals surface area contributed by atoms with Crippen molar-refractivity contribution in [3.63, 3.8) is 0 Å². The summed E-state index contributed by atoms with van der Waals surface area (Å²) in [7, 11) is 0. The van der Waals surface area contributed by atoms with Crippen LogP contribution in [0.3, 0.4) is 0 Å². The number of nitrogens with two attached hydrogens (primary N) is 2. The van der Waals surface area contributed by atoms with Crippen molar-refractivity contribution in [1.29, 1.82) is 0 Å². The van der Waals surface area contributed by atoms with E-state index in [9.17, 15) is 13.2 Å². The Morgan fingerprint density at radius 3 is 2.44 bits per heavy atom. The molecule has 0 fully saturated rings. The number of anilines is 3. The third-order valence-corrected chi connectivity index (χ3v) is 3.33. The van der Waals surface area contributed by atoms with Crippen LogP contribution in [0.1, 0.15) is 5.56 Å². The van der Waals surface area contributed by atoms with E-state index >= 15 is 0 Å². The van der Waals surface area contributed by atoms with Gasteiger partial charge in [0.25, 0.3) is 0 Å². The van der Waals surface area contributed by atoms with E-state index in [2.05, 4.69) is 20.3 Å². The minimum absolute atomic E-state index is 0.00866. The van der Waals surface area contributed by atoms with Gasteiger partial charge in [-0.3, -0.25) is 0 Å². The zero-order valence-electron chi connectivity index (χ0n) is 12.8. The van der Waals surface area contributed by atoms with E-state index in [0.29, 0.717) is 5.56 Å². The molecule has 2 aromatic carbocycles. The largest absolute Gasteiger partial charge is 0.398 e. The summed E-state index contributed by atoms with van der Waals surface area (Å²) in [5.41, 5.74) is 12.0. The Balaban J connectivity index is 1.89. The monoisotopic (exact) mass is 346 g/mol. The fourth-order valence-corrected chi connectivity index (χ4v) is 2.18.